The number of aliphatic hydroxyl groups excluding tert-OH is 1. The number of fused-ring (bicyclic) bond motifs is 1. The zero-order valence-electron chi connectivity index (χ0n) is 17.5. The van der Waals surface area contributed by atoms with Crippen molar-refractivity contribution in [3.63, 3.8) is 0 Å². The van der Waals surface area contributed by atoms with E-state index in [-0.39, 0.29) is 6.10 Å². The summed E-state index contributed by atoms with van der Waals surface area (Å²) in [4.78, 5) is 1.02. The van der Waals surface area contributed by atoms with E-state index in [9.17, 15) is 5.11 Å². The molecular weight excluding hydrogens is 424 g/mol. The zero-order chi connectivity index (χ0) is 21.8. The van der Waals surface area contributed by atoms with Crippen LogP contribution in [-0.4, -0.2) is 41.6 Å². The van der Waals surface area contributed by atoms with Crippen LogP contribution in [0.4, 0.5) is 0 Å². The van der Waals surface area contributed by atoms with Crippen molar-refractivity contribution in [1.29, 1.82) is 0 Å². The molecule has 5 rings (SSSR count). The molecule has 6 atom stereocenters. The Bertz CT molecular complexity index is 971. The van der Waals surface area contributed by atoms with E-state index in [1.54, 1.807) is 0 Å². The van der Waals surface area contributed by atoms with Crippen LogP contribution in [0, 0.1) is 0 Å². The Labute approximate surface area is 192 Å². The van der Waals surface area contributed by atoms with Gasteiger partial charge in [0.1, 0.15) is 29.9 Å². The van der Waals surface area contributed by atoms with Crippen LogP contribution in [0.2, 0.25) is 0 Å². The van der Waals surface area contributed by atoms with Crippen LogP contribution in [-0.2, 0) is 25.6 Å². The fourth-order valence-electron chi connectivity index (χ4n) is 4.03. The minimum Gasteiger partial charge on any atom is -0.387 e. The average molecular weight is 451 g/mol. The number of hydrogen-bond acceptors (Lipinski definition) is 6. The maximum atomic E-state index is 11.3. The van der Waals surface area contributed by atoms with Gasteiger partial charge in [0.05, 0.1) is 13.2 Å². The summed E-state index contributed by atoms with van der Waals surface area (Å²) in [6.45, 7) is 0.753. The second-order valence-corrected chi connectivity index (χ2v) is 9.07. The molecule has 32 heavy (non-hydrogen) atoms. The van der Waals surface area contributed by atoms with Crippen molar-refractivity contribution in [1.82, 2.24) is 0 Å². The summed E-state index contributed by atoms with van der Waals surface area (Å²) < 4.78 is 24.8. The number of benzene rings is 3. The number of hydrogen-bond donors (Lipinski definition) is 1. The molecule has 166 valence electrons. The Morgan fingerprint density at radius 1 is 0.844 bits per heavy atom. The molecule has 0 unspecified atom stereocenters. The number of rotatable bonds is 6. The molecule has 3 aromatic carbocycles. The van der Waals surface area contributed by atoms with Crippen LogP contribution < -0.4 is 0 Å². The van der Waals surface area contributed by atoms with Gasteiger partial charge in [0.25, 0.3) is 0 Å². The van der Waals surface area contributed by atoms with Gasteiger partial charge in [-0.2, -0.15) is 0 Å². The highest BCUT2D eigenvalue weighted by molar-refractivity contribution is 7.99. The van der Waals surface area contributed by atoms with E-state index >= 15 is 0 Å². The number of aliphatic hydroxyl groups is 1. The molecule has 0 aliphatic carbocycles. The van der Waals surface area contributed by atoms with Gasteiger partial charge in [-0.05, 0) is 17.7 Å². The lowest BCUT2D eigenvalue weighted by atomic mass is 9.98. The Balaban J connectivity index is 1.36. The van der Waals surface area contributed by atoms with Crippen molar-refractivity contribution < 1.29 is 24.1 Å². The maximum absolute atomic E-state index is 11.3. The molecular formula is C26H26O5S. The minimum atomic E-state index is -0.861. The van der Waals surface area contributed by atoms with Crippen molar-refractivity contribution in [3.05, 3.63) is 102 Å². The summed E-state index contributed by atoms with van der Waals surface area (Å²) in [5, 5.41) is 11.3. The van der Waals surface area contributed by atoms with E-state index in [0.717, 1.165) is 16.0 Å². The van der Waals surface area contributed by atoms with Gasteiger partial charge < -0.3 is 24.1 Å². The predicted octanol–water partition coefficient (Wildman–Crippen LogP) is 4.56. The third-order valence-corrected chi connectivity index (χ3v) is 6.83. The molecule has 0 amide bonds. The maximum Gasteiger partial charge on any atom is 0.184 e. The molecule has 0 radical (unpaired) electrons. The summed E-state index contributed by atoms with van der Waals surface area (Å²) in [5.41, 5.74) is 1.49. The third-order valence-electron chi connectivity index (χ3n) is 5.66. The molecule has 0 bridgehead atoms. The molecule has 2 aliphatic rings. The first-order chi connectivity index (χ1) is 15.8. The van der Waals surface area contributed by atoms with Crippen LogP contribution in [0.3, 0.4) is 0 Å². The van der Waals surface area contributed by atoms with E-state index in [1.165, 1.54) is 11.8 Å². The van der Waals surface area contributed by atoms with E-state index in [0.29, 0.717) is 13.2 Å². The summed E-state index contributed by atoms with van der Waals surface area (Å²) in [6, 6.07) is 29.7. The van der Waals surface area contributed by atoms with Gasteiger partial charge in [0.15, 0.2) is 6.29 Å². The molecule has 2 saturated heterocycles. The fourth-order valence-corrected chi connectivity index (χ4v) is 5.11. The van der Waals surface area contributed by atoms with Crippen LogP contribution in [0.5, 0.6) is 0 Å². The molecule has 0 aromatic heterocycles. The fraction of sp³-hybridized carbons (Fsp3) is 0.308. The average Bonchev–Trinajstić information content (AvgIpc) is 2.86. The van der Waals surface area contributed by atoms with E-state index < -0.39 is 30.0 Å². The topological polar surface area (TPSA) is 57.2 Å². The Morgan fingerprint density at radius 3 is 2.22 bits per heavy atom. The lowest BCUT2D eigenvalue weighted by Gasteiger charge is -2.47. The number of ether oxygens (including phenoxy) is 4. The van der Waals surface area contributed by atoms with Gasteiger partial charge >= 0.3 is 0 Å². The Morgan fingerprint density at radius 2 is 1.50 bits per heavy atom. The molecule has 0 spiro atoms. The molecule has 2 fully saturated rings. The standard InChI is InChI=1S/C26H26O5S/c27-22-24(28-16-18-10-4-1-5-11-18)23-21(30-26(22)32-20-14-8-3-9-15-20)17-29-25(31-23)19-12-6-2-7-13-19/h1-15,21-27H,16-17H2/t21-,22-,23+,24-,25+,26+/m1/s1. The molecule has 3 aromatic rings. The van der Waals surface area contributed by atoms with Crippen molar-refractivity contribution in [2.75, 3.05) is 6.61 Å². The monoisotopic (exact) mass is 450 g/mol. The normalized spacial score (nSPS) is 29.9. The van der Waals surface area contributed by atoms with Crippen molar-refractivity contribution in [2.45, 2.75) is 47.6 Å². The zero-order valence-corrected chi connectivity index (χ0v) is 18.3. The predicted molar refractivity (Wildman–Crippen MR) is 122 cm³/mol. The van der Waals surface area contributed by atoms with Crippen molar-refractivity contribution in [3.8, 4) is 0 Å². The highest BCUT2D eigenvalue weighted by atomic mass is 32.2. The van der Waals surface area contributed by atoms with Gasteiger partial charge in [0, 0.05) is 10.5 Å². The summed E-state index contributed by atoms with van der Waals surface area (Å²) in [5.74, 6) is 0. The molecule has 1 N–H and O–H groups in total. The van der Waals surface area contributed by atoms with Crippen LogP contribution in [0.25, 0.3) is 0 Å². The summed E-state index contributed by atoms with van der Waals surface area (Å²) in [7, 11) is 0. The van der Waals surface area contributed by atoms with E-state index in [1.807, 2.05) is 91.0 Å². The quantitative estimate of drug-likeness (QED) is 0.594. The Kier molecular flexibility index (Phi) is 6.88. The second kappa shape index (κ2) is 10.2. The SMILES string of the molecule is O[C@@H]1[C@@H](OCc2ccccc2)[C@H]2O[C@@H](c3ccccc3)OC[C@H]2O[C@H]1Sc1ccccc1. The first kappa shape index (κ1) is 21.6. The Hall–Kier alpha value is -2.19. The van der Waals surface area contributed by atoms with E-state index in [4.69, 9.17) is 18.9 Å². The summed E-state index contributed by atoms with van der Waals surface area (Å²) >= 11 is 1.49. The number of thioether (sulfide) groups is 1. The highest BCUT2D eigenvalue weighted by Gasteiger charge is 2.50. The lowest BCUT2D eigenvalue weighted by Crippen LogP contribution is -2.61. The smallest absolute Gasteiger partial charge is 0.184 e. The second-order valence-electron chi connectivity index (χ2n) is 7.90. The lowest BCUT2D eigenvalue weighted by molar-refractivity contribution is -0.325. The van der Waals surface area contributed by atoms with Crippen LogP contribution >= 0.6 is 11.8 Å². The van der Waals surface area contributed by atoms with Crippen molar-refractivity contribution >= 4 is 11.8 Å². The first-order valence-corrected chi connectivity index (χ1v) is 11.7. The van der Waals surface area contributed by atoms with Crippen molar-refractivity contribution in [2.24, 2.45) is 0 Å². The molecule has 2 aliphatic heterocycles. The largest absolute Gasteiger partial charge is 0.387 e. The molecule has 5 nitrogen and oxygen atoms in total. The molecule has 2 heterocycles. The first-order valence-electron chi connectivity index (χ1n) is 10.8. The van der Waals surface area contributed by atoms with Gasteiger partial charge in [-0.25, -0.2) is 0 Å². The van der Waals surface area contributed by atoms with Crippen LogP contribution in [0.15, 0.2) is 95.9 Å². The van der Waals surface area contributed by atoms with Crippen LogP contribution in [0.1, 0.15) is 17.4 Å². The third kappa shape index (κ3) is 4.91. The van der Waals surface area contributed by atoms with Gasteiger partial charge in [-0.15, -0.1) is 0 Å². The van der Waals surface area contributed by atoms with Gasteiger partial charge in [0.2, 0.25) is 0 Å². The van der Waals surface area contributed by atoms with Gasteiger partial charge in [-0.1, -0.05) is 90.6 Å². The molecule has 0 saturated carbocycles. The molecule has 6 heteroatoms. The summed E-state index contributed by atoms with van der Waals surface area (Å²) in [6.07, 6.45) is -2.71. The van der Waals surface area contributed by atoms with Gasteiger partial charge in [-0.3, -0.25) is 0 Å². The highest BCUT2D eigenvalue weighted by Crippen LogP contribution is 2.40. The minimum absolute atomic E-state index is 0.333. The van der Waals surface area contributed by atoms with E-state index in [2.05, 4.69) is 0 Å².